The van der Waals surface area contributed by atoms with Crippen molar-refractivity contribution in [3.8, 4) is 11.8 Å². The fourth-order valence-corrected chi connectivity index (χ4v) is 10.7. The number of rotatable bonds is 76. The third kappa shape index (κ3) is 127. The van der Waals surface area contributed by atoms with Crippen LogP contribution in [0, 0.1) is 11.8 Å². The standard InChI is InChI=1S/C23H36O2.C22H32O5.C22H30O4.C22H38O4.C22H34O3/c1-2-3-4-5-6-7-8-9-10-11-12-13-14-15-16-17-18-19-20-21-22-23(24)25;1-2-3-10-15-20(23)16-11-7-5-4-6-8-12-17-21(27-26)18-13-9-14-19-22(24)25;1-2-3-10-15-20(23)16-11-7-5-4-6-8-12-17-21(24)18-13-9-14-19-22(25)26;1-2-3-15-18-21(26-25)19-16-13-11-9-7-5-4-6-8-10-12-14-17-20-22(23)24;1-2-3-15-18-21(23)19-16-13-11-9-7-5-4-6-8-10-12-14-17-20-22(24)25/h3-4,6-7,9-10,12-13,15-16H,2,5,8,11,14,17-22H2,1H3,(H,24,25);3,5-13,16-17,20-21,23,26H,2,4,14-15,18-19H2,1H3,(H,24,25);3,5-8,10-12,16-17,20-21,23-24H,2,4,14-15,18-19H2,1H3,(H,25,26);3,6,8,15-16,19,21,25H,2,4-5,7,9-14,17-18,20H2,1H3,(H,23,24);5-8,11-14,16,19,21,23H,2-4,9-10,15,17-18,20H2,1H3,(H,24,25)/b4-3-,7-6-,10-9-,13-12-,16-15-;7-5-,8-6-,10-3-,13-9-,16-11+,17-12+;7-5-,8-6-,10-3-,16-11+,17-12+;8-6-,15-3-,19-16+;7-5-,8-6-,13-11-,14-12-,19-16+/t;;20-,21+;2*21-/m..001/s1. The van der Waals surface area contributed by atoms with Gasteiger partial charge in [-0.05, 0) is 193 Å². The Kier molecular flexibility index (Phi) is 112. The molecule has 0 fully saturated rings. The van der Waals surface area contributed by atoms with E-state index in [9.17, 15) is 44.4 Å². The van der Waals surface area contributed by atoms with E-state index in [1.54, 1.807) is 48.6 Å². The van der Waals surface area contributed by atoms with Crippen molar-refractivity contribution in [3.63, 3.8) is 0 Å². The molecule has 0 radical (unpaired) electrons. The average molecular weight is 1790 g/mol. The monoisotopic (exact) mass is 1790 g/mol. The molecule has 18 heteroatoms. The molecule has 6 atom stereocenters. The summed E-state index contributed by atoms with van der Waals surface area (Å²) in [4.78, 5) is 60.5. The molecule has 0 spiro atoms. The normalized spacial score (nSPS) is 14.0. The van der Waals surface area contributed by atoms with Gasteiger partial charge in [0.25, 0.3) is 0 Å². The number of aliphatic carboxylic acids is 5. The highest BCUT2D eigenvalue weighted by Gasteiger charge is 2.05. The van der Waals surface area contributed by atoms with Gasteiger partial charge >= 0.3 is 29.8 Å². The molecule has 0 bridgehead atoms. The molecule has 2 unspecified atom stereocenters. The van der Waals surface area contributed by atoms with Crippen molar-refractivity contribution in [2.45, 2.75) is 360 Å². The predicted octanol–water partition coefficient (Wildman–Crippen LogP) is 28.5. The number of carboxylic acid groups (broad SMARTS) is 5. The summed E-state index contributed by atoms with van der Waals surface area (Å²) in [7, 11) is 0. The SMILES string of the molecule is CC/C=C\C/C=C\C/C=C\C/C=C\C/C=C\CCCCCCC(=O)O.CC/C=C\CC(O)/C=C/C=C\C/C=C\C=C\C(C/C=C\CCC(=O)O)OO.CC/C=C\C[C@@H](/C=C/CCCCCC/C=C\CCCCCC(=O)O)OO.CC/C=C\C[C@H](O)/C=C/C=C\C/C=C\C=C\[C@@H](O)CC#CCCC(=O)O.CCCCC[C@@H](O)/C=C/C=C\C/C=C\C/C=C\C/C=C\CCC(=O)O. The maximum Gasteiger partial charge on any atom is 0.304 e. The largest absolute Gasteiger partial charge is 0.481 e. The Morgan fingerprint density at radius 1 is 0.248 bits per heavy atom. The fraction of sp³-hybridized carbons (Fsp3) is 0.505. The van der Waals surface area contributed by atoms with Gasteiger partial charge in [-0.3, -0.25) is 34.5 Å². The molecule has 0 aromatic heterocycles. The lowest BCUT2D eigenvalue weighted by Crippen LogP contribution is -2.05. The molecule has 0 aliphatic heterocycles. The number of carboxylic acids is 5. The lowest BCUT2D eigenvalue weighted by atomic mass is 10.1. The zero-order chi connectivity index (χ0) is 95.9. The van der Waals surface area contributed by atoms with Crippen LogP contribution in [0.15, 0.2) is 292 Å². The quantitative estimate of drug-likeness (QED) is 0.00673. The topological polar surface area (TPSA) is 326 Å². The van der Waals surface area contributed by atoms with Crippen molar-refractivity contribution in [1.82, 2.24) is 0 Å². The summed E-state index contributed by atoms with van der Waals surface area (Å²) in [6, 6.07) is 0. The van der Waals surface area contributed by atoms with Gasteiger partial charge in [-0.2, -0.15) is 0 Å². The summed E-state index contributed by atoms with van der Waals surface area (Å²) in [5.74, 6) is 1.66. The highest BCUT2D eigenvalue weighted by Crippen LogP contribution is 2.13. The fourth-order valence-electron chi connectivity index (χ4n) is 10.7. The van der Waals surface area contributed by atoms with Gasteiger partial charge in [0, 0.05) is 38.5 Å². The van der Waals surface area contributed by atoms with E-state index < -0.39 is 54.3 Å². The Morgan fingerprint density at radius 2 is 0.535 bits per heavy atom. The summed E-state index contributed by atoms with van der Waals surface area (Å²) in [6.07, 6.45) is 131. The van der Waals surface area contributed by atoms with Crippen LogP contribution in [-0.2, 0) is 33.7 Å². The summed E-state index contributed by atoms with van der Waals surface area (Å²) in [6.45, 7) is 10.5. The number of aliphatic hydroxyl groups excluding tert-OH is 4. The van der Waals surface area contributed by atoms with Crippen LogP contribution >= 0.6 is 0 Å². The van der Waals surface area contributed by atoms with E-state index >= 15 is 0 Å². The number of aliphatic hydroxyl groups is 4. The van der Waals surface area contributed by atoms with Crippen molar-refractivity contribution >= 4 is 29.8 Å². The Hall–Kier alpha value is -9.65. The van der Waals surface area contributed by atoms with Gasteiger partial charge in [0.1, 0.15) is 12.2 Å². The molecule has 0 aliphatic rings. The summed E-state index contributed by atoms with van der Waals surface area (Å²) >= 11 is 0. The molecule has 0 aromatic rings. The first kappa shape index (κ1) is 128. The molecular weight excluding hydrogens is 1620 g/mol. The zero-order valence-corrected chi connectivity index (χ0v) is 79.3. The van der Waals surface area contributed by atoms with Crippen LogP contribution in [-0.4, -0.2) is 123 Å². The third-order valence-electron chi connectivity index (χ3n) is 17.9. The number of carbonyl (C=O) groups is 5. The molecule has 18 nitrogen and oxygen atoms in total. The van der Waals surface area contributed by atoms with Crippen LogP contribution in [0.1, 0.15) is 324 Å². The van der Waals surface area contributed by atoms with Gasteiger partial charge in [0.05, 0.1) is 30.8 Å². The van der Waals surface area contributed by atoms with Crippen molar-refractivity contribution < 1.29 is 90.2 Å². The van der Waals surface area contributed by atoms with Gasteiger partial charge in [-0.15, -0.1) is 11.8 Å². The molecule has 0 aromatic carbocycles. The number of hydrogen-bond acceptors (Lipinski definition) is 13. The van der Waals surface area contributed by atoms with Crippen LogP contribution < -0.4 is 0 Å². The van der Waals surface area contributed by atoms with E-state index in [0.717, 1.165) is 167 Å². The Balaban J connectivity index is -0.000000497. The predicted molar refractivity (Wildman–Crippen MR) is 540 cm³/mol. The van der Waals surface area contributed by atoms with E-state index in [1.807, 2.05) is 128 Å². The Labute approximate surface area is 779 Å². The molecule has 11 N–H and O–H groups in total. The smallest absolute Gasteiger partial charge is 0.304 e. The molecule has 0 rings (SSSR count). The summed E-state index contributed by atoms with van der Waals surface area (Å²) in [5, 5.41) is 99.0. The number of hydrogen-bond donors (Lipinski definition) is 11. The van der Waals surface area contributed by atoms with Crippen molar-refractivity contribution in [2.24, 2.45) is 0 Å². The number of allylic oxidation sites excluding steroid dienone is 38. The highest BCUT2D eigenvalue weighted by atomic mass is 17.1. The second-order valence-corrected chi connectivity index (χ2v) is 30.0. The average Bonchev–Trinajstić information content (AvgIpc) is 1.02. The van der Waals surface area contributed by atoms with Crippen LogP contribution in [0.5, 0.6) is 0 Å². The van der Waals surface area contributed by atoms with Gasteiger partial charge in [0.2, 0.25) is 0 Å². The van der Waals surface area contributed by atoms with Gasteiger partial charge in [0.15, 0.2) is 0 Å². The Bertz CT molecular complexity index is 3440. The lowest BCUT2D eigenvalue weighted by Gasteiger charge is -2.05. The zero-order valence-electron chi connectivity index (χ0n) is 79.3. The third-order valence-corrected chi connectivity index (χ3v) is 17.9. The van der Waals surface area contributed by atoms with E-state index in [4.69, 9.17) is 36.0 Å². The molecule has 0 saturated carbocycles. The first-order chi connectivity index (χ1) is 62.8. The minimum absolute atomic E-state index is 0.0270. The van der Waals surface area contributed by atoms with E-state index in [1.165, 1.54) is 38.5 Å². The van der Waals surface area contributed by atoms with E-state index in [-0.39, 0.29) is 31.5 Å². The highest BCUT2D eigenvalue weighted by molar-refractivity contribution is 5.68. The van der Waals surface area contributed by atoms with E-state index in [2.05, 4.69) is 172 Å². The van der Waals surface area contributed by atoms with Gasteiger partial charge in [-0.25, -0.2) is 9.78 Å². The molecule has 722 valence electrons. The molecule has 129 heavy (non-hydrogen) atoms. The number of unbranched alkanes of at least 4 members (excludes halogenated alkanes) is 14. The van der Waals surface area contributed by atoms with Crippen molar-refractivity contribution in [1.29, 1.82) is 0 Å². The maximum atomic E-state index is 10.4. The van der Waals surface area contributed by atoms with Gasteiger partial charge < -0.3 is 46.0 Å². The second-order valence-electron chi connectivity index (χ2n) is 30.0. The van der Waals surface area contributed by atoms with Crippen LogP contribution in [0.3, 0.4) is 0 Å². The van der Waals surface area contributed by atoms with Crippen LogP contribution in [0.4, 0.5) is 0 Å². The maximum absolute atomic E-state index is 10.4. The molecule has 0 amide bonds. The van der Waals surface area contributed by atoms with Crippen LogP contribution in [0.25, 0.3) is 0 Å². The minimum atomic E-state index is -0.866. The minimum Gasteiger partial charge on any atom is -0.481 e. The van der Waals surface area contributed by atoms with Crippen molar-refractivity contribution in [3.05, 3.63) is 292 Å². The molecule has 0 heterocycles. The Morgan fingerprint density at radius 3 is 0.922 bits per heavy atom. The molecule has 0 aliphatic carbocycles. The van der Waals surface area contributed by atoms with E-state index in [0.29, 0.717) is 64.2 Å². The lowest BCUT2D eigenvalue weighted by molar-refractivity contribution is -0.264. The van der Waals surface area contributed by atoms with Gasteiger partial charge in [-0.1, -0.05) is 378 Å². The van der Waals surface area contributed by atoms with Crippen LogP contribution in [0.2, 0.25) is 0 Å². The molecule has 0 saturated heterocycles. The first-order valence-corrected chi connectivity index (χ1v) is 47.4. The second kappa shape index (κ2) is 113. The first-order valence-electron chi connectivity index (χ1n) is 47.4. The van der Waals surface area contributed by atoms with Crippen molar-refractivity contribution in [2.75, 3.05) is 0 Å². The summed E-state index contributed by atoms with van der Waals surface area (Å²) in [5.41, 5.74) is 0. The molecular formula is C111H170O18. The summed E-state index contributed by atoms with van der Waals surface area (Å²) < 4.78 is 0.